The van der Waals surface area contributed by atoms with Gasteiger partial charge in [-0.15, -0.1) is 0 Å². The van der Waals surface area contributed by atoms with Crippen LogP contribution in [0.4, 0.5) is 0 Å². The molecule has 0 fully saturated rings. The number of pyridine rings is 2. The van der Waals surface area contributed by atoms with Crippen LogP contribution in [0.3, 0.4) is 0 Å². The number of aliphatic hydroxyl groups is 1. The standard InChI is InChI=1S/C17H17N3O2/c1-2-4-14-5-3-8-19-17(14)15(21)11-16(22)20-12-13-6-9-18-10-7-13/h2-11,21H,12H2,1H3,(H,20,22)/b4-2-,15-11-. The monoisotopic (exact) mass is 295 g/mol. The van der Waals surface area contributed by atoms with Gasteiger partial charge in [0.2, 0.25) is 5.91 Å². The van der Waals surface area contributed by atoms with Crippen molar-refractivity contribution in [3.63, 3.8) is 0 Å². The molecule has 5 nitrogen and oxygen atoms in total. The molecule has 22 heavy (non-hydrogen) atoms. The molecule has 0 radical (unpaired) electrons. The molecule has 0 aliphatic rings. The second-order valence-electron chi connectivity index (χ2n) is 4.54. The molecule has 0 aliphatic carbocycles. The van der Waals surface area contributed by atoms with E-state index in [1.165, 1.54) is 0 Å². The summed E-state index contributed by atoms with van der Waals surface area (Å²) in [5, 5.41) is 12.8. The van der Waals surface area contributed by atoms with Crippen molar-refractivity contribution < 1.29 is 9.90 Å². The summed E-state index contributed by atoms with van der Waals surface area (Å²) in [6.45, 7) is 2.24. The molecule has 0 spiro atoms. The van der Waals surface area contributed by atoms with Crippen LogP contribution in [0.5, 0.6) is 0 Å². The molecule has 1 amide bonds. The Morgan fingerprint density at radius 2 is 2.05 bits per heavy atom. The number of aromatic nitrogens is 2. The molecule has 0 saturated heterocycles. The third-order valence-electron chi connectivity index (χ3n) is 2.91. The molecule has 0 saturated carbocycles. The highest BCUT2D eigenvalue weighted by Crippen LogP contribution is 2.15. The van der Waals surface area contributed by atoms with E-state index in [1.54, 1.807) is 24.7 Å². The number of carbonyl (C=O) groups is 1. The van der Waals surface area contributed by atoms with Crippen molar-refractivity contribution in [3.8, 4) is 0 Å². The molecule has 0 aliphatic heterocycles. The maximum atomic E-state index is 11.9. The lowest BCUT2D eigenvalue weighted by molar-refractivity contribution is -0.116. The Morgan fingerprint density at radius 3 is 2.77 bits per heavy atom. The van der Waals surface area contributed by atoms with Gasteiger partial charge in [0, 0.05) is 36.8 Å². The Kier molecular flexibility index (Phi) is 5.43. The molecule has 2 N–H and O–H groups in total. The van der Waals surface area contributed by atoms with E-state index in [4.69, 9.17) is 0 Å². The Balaban J connectivity index is 2.07. The zero-order valence-electron chi connectivity index (χ0n) is 12.2. The van der Waals surface area contributed by atoms with Gasteiger partial charge in [-0.2, -0.15) is 0 Å². The molecule has 0 bridgehead atoms. The highest BCUT2D eigenvalue weighted by Gasteiger charge is 2.08. The number of nitrogens with one attached hydrogen (secondary N) is 1. The Hall–Kier alpha value is -2.95. The number of carbonyl (C=O) groups excluding carboxylic acids is 1. The fraction of sp³-hybridized carbons (Fsp3) is 0.118. The van der Waals surface area contributed by atoms with Crippen molar-refractivity contribution in [1.29, 1.82) is 0 Å². The molecule has 2 rings (SSSR count). The molecule has 2 aromatic heterocycles. The molecule has 0 atom stereocenters. The van der Waals surface area contributed by atoms with Crippen LogP contribution in [0.15, 0.2) is 55.0 Å². The van der Waals surface area contributed by atoms with Gasteiger partial charge in [-0.25, -0.2) is 0 Å². The van der Waals surface area contributed by atoms with Crippen LogP contribution in [0.1, 0.15) is 23.7 Å². The van der Waals surface area contributed by atoms with Crippen LogP contribution < -0.4 is 5.32 Å². The molecule has 2 aromatic rings. The second-order valence-corrected chi connectivity index (χ2v) is 4.54. The summed E-state index contributed by atoms with van der Waals surface area (Å²) in [4.78, 5) is 19.9. The van der Waals surface area contributed by atoms with E-state index in [9.17, 15) is 9.90 Å². The van der Waals surface area contributed by atoms with E-state index in [1.807, 2.05) is 37.3 Å². The van der Waals surface area contributed by atoms with E-state index >= 15 is 0 Å². The Morgan fingerprint density at radius 1 is 1.27 bits per heavy atom. The minimum Gasteiger partial charge on any atom is -0.505 e. The molecular formula is C17H17N3O2. The van der Waals surface area contributed by atoms with E-state index < -0.39 is 0 Å². The number of aliphatic hydroxyl groups excluding tert-OH is 1. The van der Waals surface area contributed by atoms with E-state index in [0.717, 1.165) is 17.2 Å². The predicted octanol–water partition coefficient (Wildman–Crippen LogP) is 2.73. The van der Waals surface area contributed by atoms with E-state index in [0.29, 0.717) is 12.2 Å². The highest BCUT2D eigenvalue weighted by atomic mass is 16.3. The van der Waals surface area contributed by atoms with Crippen molar-refractivity contribution in [1.82, 2.24) is 15.3 Å². The first-order chi connectivity index (χ1) is 10.7. The Bertz CT molecular complexity index is 694. The summed E-state index contributed by atoms with van der Waals surface area (Å²) in [6.07, 6.45) is 9.69. The lowest BCUT2D eigenvalue weighted by atomic mass is 10.1. The van der Waals surface area contributed by atoms with Crippen LogP contribution >= 0.6 is 0 Å². The van der Waals surface area contributed by atoms with Crippen LogP contribution in [0.2, 0.25) is 0 Å². The number of hydrogen-bond acceptors (Lipinski definition) is 4. The normalized spacial score (nSPS) is 11.6. The van der Waals surface area contributed by atoms with Gasteiger partial charge in [0.1, 0.15) is 11.5 Å². The van der Waals surface area contributed by atoms with E-state index in [-0.39, 0.29) is 11.7 Å². The summed E-state index contributed by atoms with van der Waals surface area (Å²) in [5.41, 5.74) is 2.06. The topological polar surface area (TPSA) is 75.1 Å². The van der Waals surface area contributed by atoms with Gasteiger partial charge >= 0.3 is 0 Å². The average Bonchev–Trinajstić information content (AvgIpc) is 2.55. The molecule has 2 heterocycles. The maximum Gasteiger partial charge on any atom is 0.248 e. The molecule has 112 valence electrons. The predicted molar refractivity (Wildman–Crippen MR) is 85.6 cm³/mol. The SMILES string of the molecule is C/C=C\c1cccnc1/C(O)=C/C(=O)NCc1ccncc1. The first-order valence-electron chi connectivity index (χ1n) is 6.86. The van der Waals surface area contributed by atoms with Crippen molar-refractivity contribution in [2.75, 3.05) is 0 Å². The molecule has 0 aromatic carbocycles. The zero-order valence-corrected chi connectivity index (χ0v) is 12.2. The lowest BCUT2D eigenvalue weighted by Gasteiger charge is -2.05. The van der Waals surface area contributed by atoms with Crippen LogP contribution in [-0.2, 0) is 11.3 Å². The zero-order chi connectivity index (χ0) is 15.8. The van der Waals surface area contributed by atoms with Gasteiger partial charge in [0.25, 0.3) is 0 Å². The van der Waals surface area contributed by atoms with Crippen molar-refractivity contribution in [3.05, 3.63) is 71.8 Å². The summed E-state index contributed by atoms with van der Waals surface area (Å²) >= 11 is 0. The van der Waals surface area contributed by atoms with Gasteiger partial charge in [0.05, 0.1) is 0 Å². The first-order valence-corrected chi connectivity index (χ1v) is 6.86. The fourth-order valence-electron chi connectivity index (χ4n) is 1.88. The van der Waals surface area contributed by atoms with Crippen molar-refractivity contribution in [2.24, 2.45) is 0 Å². The molecular weight excluding hydrogens is 278 g/mol. The maximum absolute atomic E-state index is 11.9. The quantitative estimate of drug-likeness (QED) is 0.657. The van der Waals surface area contributed by atoms with Crippen molar-refractivity contribution in [2.45, 2.75) is 13.5 Å². The molecule has 0 unspecified atom stereocenters. The van der Waals surface area contributed by atoms with Crippen LogP contribution in [0.25, 0.3) is 11.8 Å². The highest BCUT2D eigenvalue weighted by molar-refractivity contribution is 5.93. The smallest absolute Gasteiger partial charge is 0.248 e. The minimum atomic E-state index is -0.383. The fourth-order valence-corrected chi connectivity index (χ4v) is 1.88. The number of nitrogens with zero attached hydrogens (tertiary/aromatic N) is 2. The van der Waals surface area contributed by atoms with E-state index in [2.05, 4.69) is 15.3 Å². The van der Waals surface area contributed by atoms with Gasteiger partial charge in [-0.3, -0.25) is 14.8 Å². The molecule has 5 heteroatoms. The lowest BCUT2D eigenvalue weighted by Crippen LogP contribution is -2.20. The number of allylic oxidation sites excluding steroid dienone is 1. The Labute approximate surface area is 129 Å². The second kappa shape index (κ2) is 7.73. The van der Waals surface area contributed by atoms with Crippen LogP contribution in [-0.4, -0.2) is 21.0 Å². The summed E-state index contributed by atoms with van der Waals surface area (Å²) in [6, 6.07) is 7.22. The third-order valence-corrected chi connectivity index (χ3v) is 2.91. The van der Waals surface area contributed by atoms with Gasteiger partial charge < -0.3 is 10.4 Å². The average molecular weight is 295 g/mol. The van der Waals surface area contributed by atoms with Gasteiger partial charge in [-0.05, 0) is 30.7 Å². The number of rotatable bonds is 5. The summed E-state index contributed by atoms with van der Waals surface area (Å²) < 4.78 is 0. The number of amides is 1. The van der Waals surface area contributed by atoms with Gasteiger partial charge in [-0.1, -0.05) is 18.2 Å². The minimum absolute atomic E-state index is 0.166. The first kappa shape index (κ1) is 15.4. The van der Waals surface area contributed by atoms with Crippen molar-refractivity contribution >= 4 is 17.7 Å². The third kappa shape index (κ3) is 4.28. The van der Waals surface area contributed by atoms with Gasteiger partial charge in [0.15, 0.2) is 0 Å². The van der Waals surface area contributed by atoms with Crippen LogP contribution in [0, 0.1) is 0 Å². The number of hydrogen-bond donors (Lipinski definition) is 2. The summed E-state index contributed by atoms with van der Waals surface area (Å²) in [7, 11) is 0. The largest absolute Gasteiger partial charge is 0.505 e. The summed E-state index contributed by atoms with van der Waals surface area (Å²) in [5.74, 6) is -0.549.